The van der Waals surface area contributed by atoms with Gasteiger partial charge in [0, 0.05) is 19.0 Å². The molecule has 0 saturated carbocycles. The van der Waals surface area contributed by atoms with Crippen LogP contribution >= 0.6 is 0 Å². The van der Waals surface area contributed by atoms with E-state index in [2.05, 4.69) is 18.2 Å². The van der Waals surface area contributed by atoms with Gasteiger partial charge in [-0.1, -0.05) is 13.0 Å². The van der Waals surface area contributed by atoms with Crippen molar-refractivity contribution < 1.29 is 9.66 Å². The highest BCUT2D eigenvalue weighted by Gasteiger charge is 2.15. The highest BCUT2D eigenvalue weighted by Crippen LogP contribution is 2.28. The number of rotatable bonds is 8. The zero-order valence-corrected chi connectivity index (χ0v) is 11.0. The van der Waals surface area contributed by atoms with Gasteiger partial charge in [0.15, 0.2) is 5.75 Å². The van der Waals surface area contributed by atoms with Crippen molar-refractivity contribution in [1.29, 1.82) is 0 Å². The molecule has 5 nitrogen and oxygen atoms in total. The van der Waals surface area contributed by atoms with Crippen LogP contribution in [0.2, 0.25) is 0 Å². The van der Waals surface area contributed by atoms with Crippen LogP contribution in [0.25, 0.3) is 0 Å². The van der Waals surface area contributed by atoms with Gasteiger partial charge in [0.2, 0.25) is 0 Å². The minimum Gasteiger partial charge on any atom is -0.486 e. The fourth-order valence-electron chi connectivity index (χ4n) is 1.56. The van der Waals surface area contributed by atoms with E-state index in [-0.39, 0.29) is 18.0 Å². The van der Waals surface area contributed by atoms with Crippen LogP contribution in [0.3, 0.4) is 0 Å². The normalized spacial score (nSPS) is 9.89. The molecule has 102 valence electrons. The summed E-state index contributed by atoms with van der Waals surface area (Å²) >= 11 is 0. The molecule has 0 saturated heterocycles. The lowest BCUT2D eigenvalue weighted by Gasteiger charge is -2.08. The third-order valence-electron chi connectivity index (χ3n) is 2.48. The number of nitrogens with one attached hydrogen (secondary N) is 1. The predicted molar refractivity (Wildman–Crippen MR) is 74.0 cm³/mol. The number of nitrogens with zero attached hydrogens (tertiary/aromatic N) is 1. The molecule has 0 aromatic heterocycles. The maximum atomic E-state index is 10.9. The summed E-state index contributed by atoms with van der Waals surface area (Å²) in [6, 6.07) is 4.89. The molecule has 1 N–H and O–H groups in total. The lowest BCUT2D eigenvalue weighted by Crippen LogP contribution is -2.14. The summed E-state index contributed by atoms with van der Waals surface area (Å²) in [6.45, 7) is 3.93. The van der Waals surface area contributed by atoms with E-state index >= 15 is 0 Å². The molecule has 0 bridgehead atoms. The van der Waals surface area contributed by atoms with Gasteiger partial charge in [0.25, 0.3) is 0 Å². The van der Waals surface area contributed by atoms with Crippen LogP contribution in [-0.4, -0.2) is 18.1 Å². The summed E-state index contributed by atoms with van der Waals surface area (Å²) in [5.41, 5.74) is 0.922. The van der Waals surface area contributed by atoms with E-state index in [1.54, 1.807) is 12.1 Å². The Morgan fingerprint density at radius 2 is 2.32 bits per heavy atom. The number of hydrogen-bond donors (Lipinski definition) is 1. The van der Waals surface area contributed by atoms with Crippen molar-refractivity contribution in [3.63, 3.8) is 0 Å². The Bertz CT molecular complexity index is 466. The van der Waals surface area contributed by atoms with Crippen LogP contribution in [0.1, 0.15) is 25.3 Å². The molecule has 1 aromatic rings. The first kappa shape index (κ1) is 15.0. The van der Waals surface area contributed by atoms with Crippen molar-refractivity contribution in [2.24, 2.45) is 0 Å². The van der Waals surface area contributed by atoms with Gasteiger partial charge in [0.05, 0.1) is 11.5 Å². The third kappa shape index (κ3) is 4.98. The molecular formula is C14H18N2O3. The number of nitro groups is 1. The van der Waals surface area contributed by atoms with Gasteiger partial charge in [-0.2, -0.15) is 0 Å². The Hall–Kier alpha value is -2.06. The second kappa shape index (κ2) is 8.11. The number of terminal acetylenes is 1. The summed E-state index contributed by atoms with van der Waals surface area (Å²) in [4.78, 5) is 10.4. The fourth-order valence-corrected chi connectivity index (χ4v) is 1.56. The Kier molecular flexibility index (Phi) is 6.41. The van der Waals surface area contributed by atoms with Crippen molar-refractivity contribution in [3.8, 4) is 18.1 Å². The monoisotopic (exact) mass is 262 g/mol. The smallest absolute Gasteiger partial charge is 0.310 e. The molecule has 0 aliphatic carbocycles. The van der Waals surface area contributed by atoms with Crippen molar-refractivity contribution >= 4 is 5.69 Å². The minimum absolute atomic E-state index is 0.0312. The molecule has 0 heterocycles. The zero-order valence-electron chi connectivity index (χ0n) is 11.0. The molecule has 0 fully saturated rings. The van der Waals surface area contributed by atoms with E-state index in [1.165, 1.54) is 6.07 Å². The second-order valence-electron chi connectivity index (χ2n) is 4.04. The van der Waals surface area contributed by atoms with Gasteiger partial charge >= 0.3 is 5.69 Å². The molecular weight excluding hydrogens is 244 g/mol. The maximum Gasteiger partial charge on any atom is 0.310 e. The van der Waals surface area contributed by atoms with Crippen LogP contribution in [0.5, 0.6) is 5.75 Å². The quantitative estimate of drug-likeness (QED) is 0.338. The molecule has 1 aromatic carbocycles. The Balaban J connectivity index is 2.79. The van der Waals surface area contributed by atoms with E-state index < -0.39 is 4.92 Å². The van der Waals surface area contributed by atoms with Crippen molar-refractivity contribution in [3.05, 3.63) is 33.9 Å². The zero-order chi connectivity index (χ0) is 14.1. The van der Waals surface area contributed by atoms with E-state index in [0.29, 0.717) is 13.0 Å². The first-order chi connectivity index (χ1) is 9.19. The Labute approximate surface area is 113 Å². The van der Waals surface area contributed by atoms with Gasteiger partial charge in [-0.3, -0.25) is 10.1 Å². The standard InChI is InChI=1S/C14H18N2O3/c1-3-5-9-19-14-10-12(11-15-8-4-2)6-7-13(14)16(17)18/h1,6-7,10,15H,4-5,8-9,11H2,2H3. The summed E-state index contributed by atoms with van der Waals surface area (Å²) in [7, 11) is 0. The van der Waals surface area contributed by atoms with Crippen LogP contribution < -0.4 is 10.1 Å². The van der Waals surface area contributed by atoms with E-state index in [0.717, 1.165) is 18.5 Å². The largest absolute Gasteiger partial charge is 0.486 e. The van der Waals surface area contributed by atoms with E-state index in [4.69, 9.17) is 11.2 Å². The first-order valence-corrected chi connectivity index (χ1v) is 6.23. The van der Waals surface area contributed by atoms with Gasteiger partial charge in [-0.15, -0.1) is 12.3 Å². The average molecular weight is 262 g/mol. The Morgan fingerprint density at radius 3 is 2.95 bits per heavy atom. The molecule has 5 heteroatoms. The number of ether oxygens (including phenoxy) is 1. The molecule has 0 unspecified atom stereocenters. The minimum atomic E-state index is -0.450. The number of nitro benzene ring substituents is 1. The van der Waals surface area contributed by atoms with Gasteiger partial charge in [-0.25, -0.2) is 0 Å². The SMILES string of the molecule is C#CCCOc1cc(CNCCC)ccc1[N+](=O)[O-]. The lowest BCUT2D eigenvalue weighted by atomic mass is 10.2. The van der Waals surface area contributed by atoms with E-state index in [1.807, 2.05) is 0 Å². The number of hydrogen-bond acceptors (Lipinski definition) is 4. The molecule has 19 heavy (non-hydrogen) atoms. The summed E-state index contributed by atoms with van der Waals surface area (Å²) in [5, 5.41) is 14.1. The highest BCUT2D eigenvalue weighted by molar-refractivity contribution is 5.48. The molecule has 0 amide bonds. The lowest BCUT2D eigenvalue weighted by molar-refractivity contribution is -0.385. The number of benzene rings is 1. The molecule has 0 aliphatic rings. The highest BCUT2D eigenvalue weighted by atomic mass is 16.6. The molecule has 0 aliphatic heterocycles. The van der Waals surface area contributed by atoms with Crippen LogP contribution in [0.4, 0.5) is 5.69 Å². The van der Waals surface area contributed by atoms with Crippen LogP contribution in [0.15, 0.2) is 18.2 Å². The summed E-state index contributed by atoms with van der Waals surface area (Å²) in [5.74, 6) is 2.71. The Morgan fingerprint density at radius 1 is 1.53 bits per heavy atom. The maximum absolute atomic E-state index is 10.9. The summed E-state index contributed by atoms with van der Waals surface area (Å²) in [6.07, 6.45) is 6.59. The molecule has 0 atom stereocenters. The predicted octanol–water partition coefficient (Wildman–Crippen LogP) is 2.50. The molecule has 1 rings (SSSR count). The van der Waals surface area contributed by atoms with Gasteiger partial charge < -0.3 is 10.1 Å². The van der Waals surface area contributed by atoms with Crippen molar-refractivity contribution in [2.45, 2.75) is 26.3 Å². The topological polar surface area (TPSA) is 64.4 Å². The van der Waals surface area contributed by atoms with Crippen molar-refractivity contribution in [1.82, 2.24) is 5.32 Å². The van der Waals surface area contributed by atoms with Gasteiger partial charge in [0.1, 0.15) is 0 Å². The fraction of sp³-hybridized carbons (Fsp3) is 0.429. The third-order valence-corrected chi connectivity index (χ3v) is 2.48. The van der Waals surface area contributed by atoms with E-state index in [9.17, 15) is 10.1 Å². The summed E-state index contributed by atoms with van der Waals surface area (Å²) < 4.78 is 5.37. The average Bonchev–Trinajstić information content (AvgIpc) is 2.39. The second-order valence-corrected chi connectivity index (χ2v) is 4.04. The molecule has 0 radical (unpaired) electrons. The van der Waals surface area contributed by atoms with Crippen LogP contribution in [-0.2, 0) is 6.54 Å². The molecule has 0 spiro atoms. The first-order valence-electron chi connectivity index (χ1n) is 6.23. The van der Waals surface area contributed by atoms with Crippen molar-refractivity contribution in [2.75, 3.05) is 13.2 Å². The van der Waals surface area contributed by atoms with Crippen LogP contribution in [0, 0.1) is 22.5 Å². The van der Waals surface area contributed by atoms with Gasteiger partial charge in [-0.05, 0) is 24.6 Å².